The number of aromatic carboxylic acids is 1. The van der Waals surface area contributed by atoms with Gasteiger partial charge in [-0.1, -0.05) is 22.0 Å². The summed E-state index contributed by atoms with van der Waals surface area (Å²) in [4.78, 5) is 23.7. The molecule has 8 heteroatoms. The summed E-state index contributed by atoms with van der Waals surface area (Å²) >= 11 is 11.7. The number of anilines is 1. The fourth-order valence-corrected chi connectivity index (χ4v) is 3.59. The van der Waals surface area contributed by atoms with Crippen LogP contribution in [0.25, 0.3) is 0 Å². The van der Waals surface area contributed by atoms with Gasteiger partial charge in [-0.2, -0.15) is 0 Å². The molecule has 0 aliphatic heterocycles. The van der Waals surface area contributed by atoms with Crippen molar-refractivity contribution in [3.05, 3.63) is 61.5 Å². The summed E-state index contributed by atoms with van der Waals surface area (Å²) in [6.07, 6.45) is 0. The van der Waals surface area contributed by atoms with Gasteiger partial charge in [0.25, 0.3) is 5.91 Å². The predicted molar refractivity (Wildman–Crippen MR) is 108 cm³/mol. The van der Waals surface area contributed by atoms with Crippen molar-refractivity contribution in [1.29, 1.82) is 0 Å². The van der Waals surface area contributed by atoms with E-state index in [1.807, 2.05) is 19.9 Å². The van der Waals surface area contributed by atoms with Crippen LogP contribution in [0.15, 0.2) is 39.3 Å². The molecule has 1 amide bonds. The van der Waals surface area contributed by atoms with Crippen LogP contribution in [-0.2, 0) is 0 Å². The lowest BCUT2D eigenvalue weighted by molar-refractivity contribution is 0.0697. The lowest BCUT2D eigenvalue weighted by atomic mass is 10.1. The van der Waals surface area contributed by atoms with Crippen LogP contribution in [-0.4, -0.2) is 22.1 Å². The molecule has 0 unspecified atom stereocenters. The first-order valence-corrected chi connectivity index (χ1v) is 9.10. The Morgan fingerprint density at radius 2 is 1.76 bits per heavy atom. The summed E-state index contributed by atoms with van der Waals surface area (Å²) in [6.45, 7) is 3.88. The maximum Gasteiger partial charge on any atom is 0.337 e. The van der Waals surface area contributed by atoms with Gasteiger partial charge >= 0.3 is 5.97 Å². The first-order chi connectivity index (χ1) is 11.7. The molecule has 2 aromatic carbocycles. The number of amides is 1. The van der Waals surface area contributed by atoms with Crippen molar-refractivity contribution in [1.82, 2.24) is 5.32 Å². The molecule has 0 spiro atoms. The molecule has 0 radical (unpaired) electrons. The molecule has 0 aliphatic rings. The van der Waals surface area contributed by atoms with Crippen molar-refractivity contribution in [3.8, 4) is 0 Å². The average Bonchev–Trinajstić information content (AvgIpc) is 2.52. The lowest BCUT2D eigenvalue weighted by Crippen LogP contribution is -2.34. The van der Waals surface area contributed by atoms with Crippen molar-refractivity contribution in [3.63, 3.8) is 0 Å². The Morgan fingerprint density at radius 1 is 1.08 bits per heavy atom. The van der Waals surface area contributed by atoms with Crippen molar-refractivity contribution in [2.45, 2.75) is 13.8 Å². The van der Waals surface area contributed by atoms with Gasteiger partial charge in [-0.3, -0.25) is 10.1 Å². The highest BCUT2D eigenvalue weighted by atomic mass is 79.9. The Hall–Kier alpha value is -1.77. The monoisotopic (exact) mass is 484 g/mol. The Morgan fingerprint density at radius 3 is 2.36 bits per heavy atom. The zero-order valence-electron chi connectivity index (χ0n) is 13.3. The van der Waals surface area contributed by atoms with Crippen LogP contribution in [0.3, 0.4) is 0 Å². The second kappa shape index (κ2) is 8.07. The first-order valence-electron chi connectivity index (χ1n) is 7.11. The highest BCUT2D eigenvalue weighted by Gasteiger charge is 2.17. The van der Waals surface area contributed by atoms with E-state index in [9.17, 15) is 14.7 Å². The number of halogens is 2. The topological polar surface area (TPSA) is 78.4 Å². The van der Waals surface area contributed by atoms with E-state index in [2.05, 4.69) is 42.5 Å². The summed E-state index contributed by atoms with van der Waals surface area (Å²) in [5.41, 5.74) is 2.84. The molecular weight excluding hydrogens is 472 g/mol. The number of hydrogen-bond acceptors (Lipinski definition) is 3. The highest BCUT2D eigenvalue weighted by molar-refractivity contribution is 9.11. The number of carbonyl (C=O) groups is 2. The third-order valence-corrected chi connectivity index (χ3v) is 4.81. The van der Waals surface area contributed by atoms with E-state index >= 15 is 0 Å². The van der Waals surface area contributed by atoms with E-state index in [1.54, 1.807) is 18.2 Å². The number of rotatable bonds is 3. The van der Waals surface area contributed by atoms with Crippen molar-refractivity contribution >= 4 is 66.8 Å². The van der Waals surface area contributed by atoms with Gasteiger partial charge in [0, 0.05) is 14.5 Å². The fourth-order valence-electron chi connectivity index (χ4n) is 2.07. The molecule has 0 aliphatic carbocycles. The number of nitrogens with one attached hydrogen (secondary N) is 2. The van der Waals surface area contributed by atoms with Crippen molar-refractivity contribution in [2.75, 3.05) is 5.32 Å². The number of hydrogen-bond donors (Lipinski definition) is 3. The van der Waals surface area contributed by atoms with E-state index in [-0.39, 0.29) is 22.3 Å². The Labute approximate surface area is 167 Å². The third-order valence-electron chi connectivity index (χ3n) is 3.52. The minimum atomic E-state index is -1.12. The van der Waals surface area contributed by atoms with Gasteiger partial charge in [-0.25, -0.2) is 4.79 Å². The van der Waals surface area contributed by atoms with E-state index in [1.165, 1.54) is 6.07 Å². The highest BCUT2D eigenvalue weighted by Crippen LogP contribution is 2.30. The molecular formula is C17H14Br2N2O3S. The molecule has 25 heavy (non-hydrogen) atoms. The smallest absolute Gasteiger partial charge is 0.337 e. The maximum absolute atomic E-state index is 12.3. The molecule has 0 fully saturated rings. The number of thiocarbonyl (C=S) groups is 1. The second-order valence-electron chi connectivity index (χ2n) is 5.32. The first kappa shape index (κ1) is 19.6. The standard InChI is InChI=1S/C17H14Br2N2O3S/c1-8-3-4-10(5-9(8)2)15(22)21-17(25)20-14-12(16(23)24)6-11(18)7-13(14)19/h3-7H,1-2H3,(H,23,24)(H2,20,21,22,25). The molecule has 0 heterocycles. The van der Waals surface area contributed by atoms with Gasteiger partial charge in [0.05, 0.1) is 11.3 Å². The summed E-state index contributed by atoms with van der Waals surface area (Å²) in [5, 5.41) is 14.7. The number of carbonyl (C=O) groups excluding carboxylic acids is 1. The summed E-state index contributed by atoms with van der Waals surface area (Å²) < 4.78 is 1.11. The van der Waals surface area contributed by atoms with Crippen LogP contribution in [0.2, 0.25) is 0 Å². The normalized spacial score (nSPS) is 10.2. The minimum absolute atomic E-state index is 0.00810. The van der Waals surface area contributed by atoms with Crippen LogP contribution in [0.1, 0.15) is 31.8 Å². The van der Waals surface area contributed by atoms with Gasteiger partial charge in [0.15, 0.2) is 5.11 Å². The number of carboxylic acid groups (broad SMARTS) is 1. The zero-order chi connectivity index (χ0) is 18.7. The molecule has 0 saturated carbocycles. The van der Waals surface area contributed by atoms with Crippen LogP contribution >= 0.6 is 44.1 Å². The lowest BCUT2D eigenvalue weighted by Gasteiger charge is -2.14. The molecule has 130 valence electrons. The second-order valence-corrected chi connectivity index (χ2v) is 7.50. The number of carboxylic acids is 1. The molecule has 5 nitrogen and oxygen atoms in total. The Balaban J connectivity index is 2.19. The largest absolute Gasteiger partial charge is 0.478 e. The Bertz CT molecular complexity index is 884. The quantitative estimate of drug-likeness (QED) is 0.551. The van der Waals surface area contributed by atoms with Crippen LogP contribution < -0.4 is 10.6 Å². The molecule has 0 aromatic heterocycles. The van der Waals surface area contributed by atoms with Crippen LogP contribution in [0, 0.1) is 13.8 Å². The van der Waals surface area contributed by atoms with Gasteiger partial charge in [-0.05, 0) is 77.4 Å². The van der Waals surface area contributed by atoms with E-state index in [0.717, 1.165) is 11.1 Å². The SMILES string of the molecule is Cc1ccc(C(=O)NC(=S)Nc2c(Br)cc(Br)cc2C(=O)O)cc1C. The molecule has 0 atom stereocenters. The van der Waals surface area contributed by atoms with Gasteiger partial charge in [-0.15, -0.1) is 0 Å². The van der Waals surface area contributed by atoms with E-state index < -0.39 is 5.97 Å². The van der Waals surface area contributed by atoms with Gasteiger partial charge in [0.1, 0.15) is 0 Å². The fraction of sp³-hybridized carbons (Fsp3) is 0.118. The predicted octanol–water partition coefficient (Wildman–Crippen LogP) is 4.65. The van der Waals surface area contributed by atoms with Crippen LogP contribution in [0.4, 0.5) is 5.69 Å². The number of benzene rings is 2. The van der Waals surface area contributed by atoms with Gasteiger partial charge < -0.3 is 10.4 Å². The van der Waals surface area contributed by atoms with Gasteiger partial charge in [0.2, 0.25) is 0 Å². The van der Waals surface area contributed by atoms with Crippen LogP contribution in [0.5, 0.6) is 0 Å². The third kappa shape index (κ3) is 4.87. The average molecular weight is 486 g/mol. The zero-order valence-corrected chi connectivity index (χ0v) is 17.3. The molecule has 0 saturated heterocycles. The summed E-state index contributed by atoms with van der Waals surface area (Å²) in [6, 6.07) is 8.46. The van der Waals surface area contributed by atoms with E-state index in [0.29, 0.717) is 14.5 Å². The summed E-state index contributed by atoms with van der Waals surface area (Å²) in [5.74, 6) is -1.49. The van der Waals surface area contributed by atoms with Crippen molar-refractivity contribution < 1.29 is 14.7 Å². The maximum atomic E-state index is 12.3. The van der Waals surface area contributed by atoms with E-state index in [4.69, 9.17) is 12.2 Å². The molecule has 3 N–H and O–H groups in total. The minimum Gasteiger partial charge on any atom is -0.478 e. The molecule has 0 bridgehead atoms. The molecule has 2 aromatic rings. The van der Waals surface area contributed by atoms with Crippen molar-refractivity contribution in [2.24, 2.45) is 0 Å². The summed E-state index contributed by atoms with van der Waals surface area (Å²) in [7, 11) is 0. The number of aryl methyl sites for hydroxylation is 2. The molecule has 2 rings (SSSR count). The Kier molecular flexibility index (Phi) is 6.31.